The van der Waals surface area contributed by atoms with Gasteiger partial charge in [0, 0.05) is 17.5 Å². The predicted octanol–water partition coefficient (Wildman–Crippen LogP) is 2.73. The summed E-state index contributed by atoms with van der Waals surface area (Å²) in [5.41, 5.74) is -1.21. The van der Waals surface area contributed by atoms with Gasteiger partial charge in [-0.3, -0.25) is 10.2 Å². The SMILES string of the molecule is CCC(C)NC(C)(C)C(=O)NC(=N)/C=C(\O)C(C)(C)C. The molecule has 0 aliphatic carbocycles. The lowest BCUT2D eigenvalue weighted by atomic mass is 9.93. The van der Waals surface area contributed by atoms with Gasteiger partial charge in [-0.25, -0.2) is 0 Å². The summed E-state index contributed by atoms with van der Waals surface area (Å²) in [5, 5.41) is 23.3. The van der Waals surface area contributed by atoms with Gasteiger partial charge in [0.2, 0.25) is 5.91 Å². The van der Waals surface area contributed by atoms with Crippen LogP contribution in [0.5, 0.6) is 0 Å². The average molecular weight is 283 g/mol. The van der Waals surface area contributed by atoms with Crippen molar-refractivity contribution >= 4 is 11.7 Å². The zero-order valence-electron chi connectivity index (χ0n) is 13.7. The molecule has 4 N–H and O–H groups in total. The lowest BCUT2D eigenvalue weighted by Gasteiger charge is -2.28. The van der Waals surface area contributed by atoms with E-state index in [9.17, 15) is 9.90 Å². The van der Waals surface area contributed by atoms with Gasteiger partial charge in [0.05, 0.1) is 5.54 Å². The van der Waals surface area contributed by atoms with Crippen molar-refractivity contribution in [3.05, 3.63) is 11.8 Å². The molecule has 0 heterocycles. The van der Waals surface area contributed by atoms with Gasteiger partial charge < -0.3 is 15.7 Å². The smallest absolute Gasteiger partial charge is 0.245 e. The number of carbonyl (C=O) groups excluding carboxylic acids is 1. The molecule has 0 spiro atoms. The van der Waals surface area contributed by atoms with Gasteiger partial charge >= 0.3 is 0 Å². The minimum Gasteiger partial charge on any atom is -0.512 e. The molecule has 0 fully saturated rings. The Balaban J connectivity index is 4.73. The summed E-state index contributed by atoms with van der Waals surface area (Å²) in [6.45, 7) is 13.1. The molecule has 0 rings (SSSR count). The molecule has 1 atom stereocenters. The zero-order valence-corrected chi connectivity index (χ0v) is 13.7. The number of hydrogen-bond donors (Lipinski definition) is 4. The van der Waals surface area contributed by atoms with Crippen LogP contribution in [0.2, 0.25) is 0 Å². The molecule has 0 saturated carbocycles. The fraction of sp³-hybridized carbons (Fsp3) is 0.733. The van der Waals surface area contributed by atoms with Crippen LogP contribution in [0, 0.1) is 10.8 Å². The highest BCUT2D eigenvalue weighted by molar-refractivity contribution is 6.05. The van der Waals surface area contributed by atoms with E-state index in [1.54, 1.807) is 13.8 Å². The molecule has 116 valence electrons. The summed E-state index contributed by atoms with van der Waals surface area (Å²) in [6.07, 6.45) is 2.19. The number of aliphatic hydroxyl groups excluding tert-OH is 1. The molecule has 5 heteroatoms. The second kappa shape index (κ2) is 6.88. The van der Waals surface area contributed by atoms with E-state index in [4.69, 9.17) is 5.41 Å². The van der Waals surface area contributed by atoms with E-state index >= 15 is 0 Å². The summed E-state index contributed by atoms with van der Waals surface area (Å²) >= 11 is 0. The van der Waals surface area contributed by atoms with Gasteiger partial charge in [-0.05, 0) is 27.2 Å². The van der Waals surface area contributed by atoms with Gasteiger partial charge in [0.1, 0.15) is 11.6 Å². The van der Waals surface area contributed by atoms with Gasteiger partial charge in [-0.1, -0.05) is 27.7 Å². The predicted molar refractivity (Wildman–Crippen MR) is 83.0 cm³/mol. The Morgan fingerprint density at radius 3 is 2.20 bits per heavy atom. The maximum Gasteiger partial charge on any atom is 0.245 e. The highest BCUT2D eigenvalue weighted by atomic mass is 16.3. The van der Waals surface area contributed by atoms with Crippen molar-refractivity contribution < 1.29 is 9.90 Å². The highest BCUT2D eigenvalue weighted by Gasteiger charge is 2.29. The highest BCUT2D eigenvalue weighted by Crippen LogP contribution is 2.22. The minimum absolute atomic E-state index is 0.0653. The van der Waals surface area contributed by atoms with Crippen molar-refractivity contribution in [2.75, 3.05) is 0 Å². The van der Waals surface area contributed by atoms with E-state index < -0.39 is 11.0 Å². The van der Waals surface area contributed by atoms with E-state index in [0.29, 0.717) is 0 Å². The van der Waals surface area contributed by atoms with Crippen molar-refractivity contribution in [2.24, 2.45) is 5.41 Å². The number of amidine groups is 1. The third-order valence-corrected chi connectivity index (χ3v) is 3.08. The van der Waals surface area contributed by atoms with E-state index in [1.165, 1.54) is 6.08 Å². The Morgan fingerprint density at radius 2 is 1.80 bits per heavy atom. The molecule has 1 amide bonds. The average Bonchev–Trinajstić information content (AvgIpc) is 2.26. The van der Waals surface area contributed by atoms with Crippen molar-refractivity contribution in [3.8, 4) is 0 Å². The first-order valence-electron chi connectivity index (χ1n) is 6.99. The summed E-state index contributed by atoms with van der Waals surface area (Å²) in [6, 6.07) is 0.212. The van der Waals surface area contributed by atoms with Gasteiger partial charge in [0.15, 0.2) is 0 Å². The van der Waals surface area contributed by atoms with Gasteiger partial charge in [-0.15, -0.1) is 0 Å². The van der Waals surface area contributed by atoms with Crippen LogP contribution in [0.25, 0.3) is 0 Å². The van der Waals surface area contributed by atoms with Crippen molar-refractivity contribution in [3.63, 3.8) is 0 Å². The van der Waals surface area contributed by atoms with Crippen molar-refractivity contribution in [2.45, 2.75) is 66.5 Å². The van der Waals surface area contributed by atoms with Crippen LogP contribution < -0.4 is 10.6 Å². The quantitative estimate of drug-likeness (QED) is 0.355. The van der Waals surface area contributed by atoms with Crippen molar-refractivity contribution in [1.29, 1.82) is 5.41 Å². The monoisotopic (exact) mass is 283 g/mol. The normalized spacial score (nSPS) is 14.8. The lowest BCUT2D eigenvalue weighted by Crippen LogP contribution is -2.56. The van der Waals surface area contributed by atoms with Crippen LogP contribution >= 0.6 is 0 Å². The number of allylic oxidation sites excluding steroid dienone is 1. The van der Waals surface area contributed by atoms with Gasteiger partial charge in [-0.2, -0.15) is 0 Å². The molecule has 5 nitrogen and oxygen atoms in total. The molecule has 0 aliphatic heterocycles. The first kappa shape index (κ1) is 18.6. The van der Waals surface area contributed by atoms with Crippen LogP contribution in [0.3, 0.4) is 0 Å². The van der Waals surface area contributed by atoms with Crippen LogP contribution in [-0.2, 0) is 4.79 Å². The molecule has 0 aromatic rings. The number of nitrogens with one attached hydrogen (secondary N) is 3. The molecule has 20 heavy (non-hydrogen) atoms. The Hall–Kier alpha value is -1.36. The first-order valence-corrected chi connectivity index (χ1v) is 6.99. The fourth-order valence-corrected chi connectivity index (χ4v) is 1.45. The Morgan fingerprint density at radius 1 is 1.30 bits per heavy atom. The lowest BCUT2D eigenvalue weighted by molar-refractivity contribution is -0.125. The first-order chi connectivity index (χ1) is 8.90. The minimum atomic E-state index is -0.771. The van der Waals surface area contributed by atoms with E-state index in [0.717, 1.165) is 6.42 Å². The maximum atomic E-state index is 12.1. The summed E-state index contributed by atoms with van der Waals surface area (Å²) in [7, 11) is 0. The number of carbonyl (C=O) groups is 1. The van der Waals surface area contributed by atoms with Crippen LogP contribution in [0.15, 0.2) is 11.8 Å². The zero-order chi connectivity index (χ0) is 16.1. The second-order valence-electron chi connectivity index (χ2n) is 6.73. The molecule has 0 bridgehead atoms. The number of rotatable bonds is 5. The van der Waals surface area contributed by atoms with Crippen LogP contribution in [0.1, 0.15) is 54.9 Å². The molecule has 0 aromatic heterocycles. The topological polar surface area (TPSA) is 85.2 Å². The van der Waals surface area contributed by atoms with Gasteiger partial charge in [0.25, 0.3) is 0 Å². The fourth-order valence-electron chi connectivity index (χ4n) is 1.45. The van der Waals surface area contributed by atoms with E-state index in [2.05, 4.69) is 10.6 Å². The Labute approximate surface area is 122 Å². The van der Waals surface area contributed by atoms with E-state index in [-0.39, 0.29) is 23.5 Å². The number of amides is 1. The van der Waals surface area contributed by atoms with Crippen LogP contribution in [-0.4, -0.2) is 28.4 Å². The summed E-state index contributed by atoms with van der Waals surface area (Å²) in [4.78, 5) is 12.1. The third kappa shape index (κ3) is 6.19. The maximum absolute atomic E-state index is 12.1. The largest absolute Gasteiger partial charge is 0.512 e. The number of aliphatic hydroxyl groups is 1. The standard InChI is InChI=1S/C15H29N3O2/c1-8-10(2)18-15(6,7)13(20)17-12(16)9-11(19)14(3,4)5/h9-10,18-19H,8H2,1-7H3,(H2,16,17,20)/b11-9-. The Kier molecular flexibility index (Phi) is 6.41. The summed E-state index contributed by atoms with van der Waals surface area (Å²) < 4.78 is 0. The van der Waals surface area contributed by atoms with Crippen molar-refractivity contribution in [1.82, 2.24) is 10.6 Å². The molecule has 0 aromatic carbocycles. The molecule has 0 radical (unpaired) electrons. The molecular weight excluding hydrogens is 254 g/mol. The summed E-state index contributed by atoms with van der Waals surface area (Å²) in [5.74, 6) is -0.335. The molecule has 1 unspecified atom stereocenters. The third-order valence-electron chi connectivity index (χ3n) is 3.08. The molecular formula is C15H29N3O2. The van der Waals surface area contributed by atoms with Crippen LogP contribution in [0.4, 0.5) is 0 Å². The van der Waals surface area contributed by atoms with E-state index in [1.807, 2.05) is 34.6 Å². The molecule has 0 aliphatic rings. The Bertz CT molecular complexity index is 392. The number of hydrogen-bond acceptors (Lipinski definition) is 4. The second-order valence-corrected chi connectivity index (χ2v) is 6.73. The molecule has 0 saturated heterocycles.